The summed E-state index contributed by atoms with van der Waals surface area (Å²) in [6, 6.07) is 11.4. The predicted molar refractivity (Wildman–Crippen MR) is 110 cm³/mol. The molecule has 4 nitrogen and oxygen atoms in total. The molecule has 1 atom stereocenters. The van der Waals surface area contributed by atoms with Crippen LogP contribution >= 0.6 is 23.1 Å². The Morgan fingerprint density at radius 1 is 1.32 bits per heavy atom. The quantitative estimate of drug-likeness (QED) is 0.495. The second-order valence-electron chi connectivity index (χ2n) is 6.47. The molecular formula is C19H26N4S2. The van der Waals surface area contributed by atoms with Gasteiger partial charge in [0.1, 0.15) is 0 Å². The lowest BCUT2D eigenvalue weighted by atomic mass is 10.0. The molecule has 2 N–H and O–H groups in total. The highest BCUT2D eigenvalue weighted by Gasteiger charge is 2.25. The molecule has 0 fully saturated rings. The molecule has 0 radical (unpaired) electrons. The summed E-state index contributed by atoms with van der Waals surface area (Å²) in [6.45, 7) is 2.74. The number of benzene rings is 1. The fourth-order valence-electron chi connectivity index (χ4n) is 3.12. The van der Waals surface area contributed by atoms with E-state index >= 15 is 0 Å². The summed E-state index contributed by atoms with van der Waals surface area (Å²) < 4.78 is 0. The number of hydrogen-bond acceptors (Lipinski definition) is 4. The Morgan fingerprint density at radius 3 is 2.76 bits per heavy atom. The van der Waals surface area contributed by atoms with Crippen LogP contribution in [0.25, 0.3) is 0 Å². The summed E-state index contributed by atoms with van der Waals surface area (Å²) >= 11 is 3.65. The van der Waals surface area contributed by atoms with Gasteiger partial charge in [0.2, 0.25) is 0 Å². The van der Waals surface area contributed by atoms with Crippen molar-refractivity contribution in [3.63, 3.8) is 0 Å². The van der Waals surface area contributed by atoms with E-state index in [1.807, 2.05) is 30.3 Å². The van der Waals surface area contributed by atoms with E-state index in [-0.39, 0.29) is 6.04 Å². The lowest BCUT2D eigenvalue weighted by Gasteiger charge is -2.34. The van der Waals surface area contributed by atoms with Crippen LogP contribution in [0.4, 0.5) is 0 Å². The Bertz CT molecular complexity index is 721. The normalized spacial score (nSPS) is 16.5. The van der Waals surface area contributed by atoms with E-state index in [1.54, 1.807) is 11.8 Å². The lowest BCUT2D eigenvalue weighted by molar-refractivity contribution is 0.185. The smallest absolute Gasteiger partial charge is 0.190 e. The SMILES string of the molecule is CSc1ccc(C(CN=C(N)N(C)C)N2CCc3sccc3C2)cc1. The van der Waals surface area contributed by atoms with E-state index in [2.05, 4.69) is 51.9 Å². The zero-order valence-corrected chi connectivity index (χ0v) is 16.7. The molecule has 1 aromatic carbocycles. The minimum absolute atomic E-state index is 0.252. The van der Waals surface area contributed by atoms with E-state index in [1.165, 1.54) is 20.9 Å². The third kappa shape index (κ3) is 4.37. The van der Waals surface area contributed by atoms with Crippen molar-refractivity contribution in [1.29, 1.82) is 0 Å². The van der Waals surface area contributed by atoms with Crippen LogP contribution < -0.4 is 5.73 Å². The molecule has 0 aliphatic carbocycles. The molecular weight excluding hydrogens is 348 g/mol. The van der Waals surface area contributed by atoms with E-state index in [9.17, 15) is 0 Å². The standard InChI is InChI=1S/C19H26N4S2/c1-22(2)19(20)21-12-17(14-4-6-16(24-3)7-5-14)23-10-8-18-15(13-23)9-11-25-18/h4-7,9,11,17H,8,10,12-13H2,1-3H3,(H2,20,21). The molecule has 25 heavy (non-hydrogen) atoms. The Kier molecular flexibility index (Phi) is 6.04. The Morgan fingerprint density at radius 2 is 2.08 bits per heavy atom. The minimum atomic E-state index is 0.252. The monoisotopic (exact) mass is 374 g/mol. The van der Waals surface area contributed by atoms with Gasteiger partial charge in [-0.15, -0.1) is 23.1 Å². The van der Waals surface area contributed by atoms with E-state index in [4.69, 9.17) is 5.73 Å². The van der Waals surface area contributed by atoms with Crippen molar-refractivity contribution < 1.29 is 0 Å². The van der Waals surface area contributed by atoms with Gasteiger partial charge in [-0.05, 0) is 47.4 Å². The Hall–Kier alpha value is -1.50. The third-order valence-corrected chi connectivity index (χ3v) is 6.43. The molecule has 1 aliphatic rings. The fourth-order valence-corrected chi connectivity index (χ4v) is 4.41. The average molecular weight is 375 g/mol. The molecule has 1 unspecified atom stereocenters. The van der Waals surface area contributed by atoms with Gasteiger partial charge in [0.25, 0.3) is 0 Å². The molecule has 134 valence electrons. The maximum Gasteiger partial charge on any atom is 0.190 e. The number of rotatable bonds is 5. The molecule has 0 spiro atoms. The van der Waals surface area contributed by atoms with Gasteiger partial charge in [0.15, 0.2) is 5.96 Å². The molecule has 0 bridgehead atoms. The summed E-state index contributed by atoms with van der Waals surface area (Å²) in [6.07, 6.45) is 3.23. The van der Waals surface area contributed by atoms with Crippen LogP contribution in [-0.2, 0) is 13.0 Å². The summed E-state index contributed by atoms with van der Waals surface area (Å²) in [4.78, 5) is 11.9. The van der Waals surface area contributed by atoms with Crippen LogP contribution in [0.2, 0.25) is 0 Å². The van der Waals surface area contributed by atoms with Gasteiger partial charge >= 0.3 is 0 Å². The molecule has 0 saturated heterocycles. The molecule has 1 aliphatic heterocycles. The topological polar surface area (TPSA) is 44.9 Å². The number of fused-ring (bicyclic) bond motifs is 1. The Balaban J connectivity index is 1.84. The van der Waals surface area contributed by atoms with Crippen molar-refractivity contribution in [2.45, 2.75) is 23.9 Å². The zero-order valence-electron chi connectivity index (χ0n) is 15.1. The van der Waals surface area contributed by atoms with Gasteiger partial charge in [-0.25, -0.2) is 0 Å². The van der Waals surface area contributed by atoms with Crippen LogP contribution in [0.5, 0.6) is 0 Å². The molecule has 6 heteroatoms. The molecule has 0 saturated carbocycles. The van der Waals surface area contributed by atoms with Crippen molar-refractivity contribution in [3.8, 4) is 0 Å². The van der Waals surface area contributed by atoms with Gasteiger partial charge in [0.05, 0.1) is 12.6 Å². The number of aliphatic imine (C=N–C) groups is 1. The second-order valence-corrected chi connectivity index (χ2v) is 8.35. The van der Waals surface area contributed by atoms with Crippen molar-refractivity contribution in [1.82, 2.24) is 9.80 Å². The number of nitrogens with zero attached hydrogens (tertiary/aromatic N) is 3. The highest BCUT2D eigenvalue weighted by Crippen LogP contribution is 2.31. The molecule has 2 aromatic rings. The van der Waals surface area contributed by atoms with Crippen molar-refractivity contribution >= 4 is 29.1 Å². The summed E-state index contributed by atoms with van der Waals surface area (Å²) in [5, 5.41) is 2.21. The largest absolute Gasteiger partial charge is 0.370 e. The maximum absolute atomic E-state index is 6.03. The van der Waals surface area contributed by atoms with Crippen LogP contribution in [0.3, 0.4) is 0 Å². The molecule has 1 aromatic heterocycles. The van der Waals surface area contributed by atoms with Crippen molar-refractivity contribution in [2.75, 3.05) is 33.4 Å². The summed E-state index contributed by atoms with van der Waals surface area (Å²) in [5.74, 6) is 0.582. The number of thiophene rings is 1. The first-order valence-corrected chi connectivity index (χ1v) is 10.6. The highest BCUT2D eigenvalue weighted by atomic mass is 32.2. The van der Waals surface area contributed by atoms with Gasteiger partial charge in [-0.3, -0.25) is 9.89 Å². The number of guanidine groups is 1. The summed E-state index contributed by atoms with van der Waals surface area (Å²) in [5.41, 5.74) is 8.81. The predicted octanol–water partition coefficient (Wildman–Crippen LogP) is 3.45. The second kappa shape index (κ2) is 8.25. The van der Waals surface area contributed by atoms with Gasteiger partial charge in [0, 0.05) is 37.0 Å². The first kappa shape index (κ1) is 18.3. The minimum Gasteiger partial charge on any atom is -0.370 e. The van der Waals surface area contributed by atoms with E-state index < -0.39 is 0 Å². The number of thioether (sulfide) groups is 1. The number of nitrogens with two attached hydrogens (primary N) is 1. The summed E-state index contributed by atoms with van der Waals surface area (Å²) in [7, 11) is 3.86. The Labute approximate surface area is 158 Å². The van der Waals surface area contributed by atoms with Crippen LogP contribution in [0, 0.1) is 0 Å². The van der Waals surface area contributed by atoms with E-state index in [0.717, 1.165) is 19.5 Å². The molecule has 0 amide bonds. The number of hydrogen-bond donors (Lipinski definition) is 1. The highest BCUT2D eigenvalue weighted by molar-refractivity contribution is 7.98. The van der Waals surface area contributed by atoms with Gasteiger partial charge in [-0.1, -0.05) is 12.1 Å². The van der Waals surface area contributed by atoms with Crippen LogP contribution in [0.1, 0.15) is 22.0 Å². The average Bonchev–Trinajstić information content (AvgIpc) is 3.10. The van der Waals surface area contributed by atoms with Crippen molar-refractivity contribution in [2.24, 2.45) is 10.7 Å². The zero-order chi connectivity index (χ0) is 17.8. The third-order valence-electron chi connectivity index (χ3n) is 4.66. The first-order valence-electron chi connectivity index (χ1n) is 8.49. The van der Waals surface area contributed by atoms with Crippen molar-refractivity contribution in [3.05, 3.63) is 51.7 Å². The van der Waals surface area contributed by atoms with Crippen LogP contribution in [0.15, 0.2) is 45.6 Å². The molecule has 3 rings (SSSR count). The van der Waals surface area contributed by atoms with Gasteiger partial charge < -0.3 is 10.6 Å². The molecule has 2 heterocycles. The van der Waals surface area contributed by atoms with Gasteiger partial charge in [-0.2, -0.15) is 0 Å². The first-order chi connectivity index (χ1) is 12.1. The lowest BCUT2D eigenvalue weighted by Crippen LogP contribution is -2.36. The fraction of sp³-hybridized carbons (Fsp3) is 0.421. The van der Waals surface area contributed by atoms with E-state index in [0.29, 0.717) is 12.5 Å². The maximum atomic E-state index is 6.03. The van der Waals surface area contributed by atoms with Crippen LogP contribution in [-0.4, -0.2) is 49.2 Å².